The molecular formula is C15H19N3OS. The highest BCUT2D eigenvalue weighted by molar-refractivity contribution is 7.09. The van der Waals surface area contributed by atoms with Crippen molar-refractivity contribution in [1.29, 1.82) is 0 Å². The number of aromatic nitrogens is 2. The van der Waals surface area contributed by atoms with E-state index in [0.717, 1.165) is 48.4 Å². The Kier molecular flexibility index (Phi) is 4.10. The van der Waals surface area contributed by atoms with Crippen molar-refractivity contribution in [2.75, 3.05) is 19.8 Å². The highest BCUT2D eigenvalue weighted by Crippen LogP contribution is 2.26. The number of nitrogens with zero attached hydrogens (tertiary/aromatic N) is 3. The molecule has 5 heteroatoms. The summed E-state index contributed by atoms with van der Waals surface area (Å²) >= 11 is 1.70. The number of ether oxygens (including phenoxy) is 1. The third-order valence-electron chi connectivity index (χ3n) is 3.53. The van der Waals surface area contributed by atoms with E-state index in [1.54, 1.807) is 11.3 Å². The molecule has 3 rings (SSSR count). The lowest BCUT2D eigenvalue weighted by atomic mass is 10.1. The first-order valence-corrected chi connectivity index (χ1v) is 7.77. The Hall–Kier alpha value is -1.30. The van der Waals surface area contributed by atoms with Crippen LogP contribution in [-0.4, -0.2) is 34.6 Å². The molecule has 0 amide bonds. The van der Waals surface area contributed by atoms with Crippen molar-refractivity contribution in [1.82, 2.24) is 14.9 Å². The summed E-state index contributed by atoms with van der Waals surface area (Å²) in [7, 11) is 0. The molecule has 0 unspecified atom stereocenters. The second-order valence-corrected chi connectivity index (χ2v) is 6.19. The van der Waals surface area contributed by atoms with Gasteiger partial charge in [0.25, 0.3) is 0 Å². The minimum Gasteiger partial charge on any atom is -0.378 e. The SMILES string of the molecule is Cc1cccc(CN2CCOC[C@@H]2c2csc(C)n2)n1. The van der Waals surface area contributed by atoms with Gasteiger partial charge in [-0.1, -0.05) is 6.07 Å². The Labute approximate surface area is 123 Å². The number of rotatable bonds is 3. The van der Waals surface area contributed by atoms with E-state index in [1.165, 1.54) is 0 Å². The van der Waals surface area contributed by atoms with Crippen LogP contribution < -0.4 is 0 Å². The van der Waals surface area contributed by atoms with Crippen LogP contribution in [0.5, 0.6) is 0 Å². The lowest BCUT2D eigenvalue weighted by molar-refractivity contribution is -0.0146. The van der Waals surface area contributed by atoms with Gasteiger partial charge in [-0.3, -0.25) is 9.88 Å². The zero-order chi connectivity index (χ0) is 13.9. The first-order chi connectivity index (χ1) is 9.72. The van der Waals surface area contributed by atoms with E-state index in [9.17, 15) is 0 Å². The molecule has 0 N–H and O–H groups in total. The summed E-state index contributed by atoms with van der Waals surface area (Å²) < 4.78 is 5.64. The highest BCUT2D eigenvalue weighted by Gasteiger charge is 2.26. The van der Waals surface area contributed by atoms with Gasteiger partial charge in [0.2, 0.25) is 0 Å². The van der Waals surface area contributed by atoms with Crippen molar-refractivity contribution in [3.05, 3.63) is 45.7 Å². The quantitative estimate of drug-likeness (QED) is 0.871. The van der Waals surface area contributed by atoms with Crippen molar-refractivity contribution in [2.24, 2.45) is 0 Å². The molecule has 20 heavy (non-hydrogen) atoms. The van der Waals surface area contributed by atoms with E-state index in [1.807, 2.05) is 19.9 Å². The van der Waals surface area contributed by atoms with Gasteiger partial charge >= 0.3 is 0 Å². The lowest BCUT2D eigenvalue weighted by Gasteiger charge is -2.34. The van der Waals surface area contributed by atoms with Gasteiger partial charge in [0.1, 0.15) is 0 Å². The minimum atomic E-state index is 0.246. The Balaban J connectivity index is 1.79. The first-order valence-electron chi connectivity index (χ1n) is 6.89. The summed E-state index contributed by atoms with van der Waals surface area (Å²) in [6.07, 6.45) is 0. The maximum Gasteiger partial charge on any atom is 0.0898 e. The second-order valence-electron chi connectivity index (χ2n) is 5.12. The molecule has 0 bridgehead atoms. The third kappa shape index (κ3) is 3.06. The molecular weight excluding hydrogens is 270 g/mol. The van der Waals surface area contributed by atoms with E-state index >= 15 is 0 Å². The maximum atomic E-state index is 5.64. The van der Waals surface area contributed by atoms with Gasteiger partial charge in [-0.25, -0.2) is 4.98 Å². The lowest BCUT2D eigenvalue weighted by Crippen LogP contribution is -2.39. The molecule has 2 aromatic heterocycles. The van der Waals surface area contributed by atoms with E-state index in [-0.39, 0.29) is 6.04 Å². The van der Waals surface area contributed by atoms with Gasteiger partial charge in [0, 0.05) is 24.2 Å². The summed E-state index contributed by atoms with van der Waals surface area (Å²) in [5.41, 5.74) is 3.31. The van der Waals surface area contributed by atoms with Crippen LogP contribution in [0, 0.1) is 13.8 Å². The van der Waals surface area contributed by atoms with E-state index in [2.05, 4.69) is 32.4 Å². The van der Waals surface area contributed by atoms with Crippen LogP contribution in [0.1, 0.15) is 28.1 Å². The van der Waals surface area contributed by atoms with E-state index in [0.29, 0.717) is 0 Å². The molecule has 1 fully saturated rings. The monoisotopic (exact) mass is 289 g/mol. The smallest absolute Gasteiger partial charge is 0.0898 e. The maximum absolute atomic E-state index is 5.64. The fourth-order valence-corrected chi connectivity index (χ4v) is 3.19. The van der Waals surface area contributed by atoms with Crippen LogP contribution in [0.4, 0.5) is 0 Å². The normalized spacial score (nSPS) is 20.2. The highest BCUT2D eigenvalue weighted by atomic mass is 32.1. The van der Waals surface area contributed by atoms with Crippen LogP contribution in [-0.2, 0) is 11.3 Å². The Morgan fingerprint density at radius 1 is 1.35 bits per heavy atom. The molecule has 1 saturated heterocycles. The number of aryl methyl sites for hydroxylation is 2. The van der Waals surface area contributed by atoms with Gasteiger partial charge in [0.05, 0.1) is 35.7 Å². The van der Waals surface area contributed by atoms with E-state index in [4.69, 9.17) is 4.74 Å². The summed E-state index contributed by atoms with van der Waals surface area (Å²) in [5.74, 6) is 0. The number of hydrogen-bond donors (Lipinski definition) is 0. The molecule has 1 atom stereocenters. The Bertz CT molecular complexity index is 584. The van der Waals surface area contributed by atoms with Gasteiger partial charge in [0.15, 0.2) is 0 Å². The molecule has 0 radical (unpaired) electrons. The summed E-state index contributed by atoms with van der Waals surface area (Å²) in [5, 5.41) is 3.25. The summed E-state index contributed by atoms with van der Waals surface area (Å²) in [4.78, 5) is 11.6. The molecule has 4 nitrogen and oxygen atoms in total. The summed E-state index contributed by atoms with van der Waals surface area (Å²) in [6.45, 7) is 7.36. The van der Waals surface area contributed by atoms with Crippen LogP contribution in [0.2, 0.25) is 0 Å². The molecule has 1 aliphatic rings. The second kappa shape index (κ2) is 5.99. The van der Waals surface area contributed by atoms with Crippen LogP contribution >= 0.6 is 11.3 Å². The average molecular weight is 289 g/mol. The number of thiazole rings is 1. The molecule has 2 aromatic rings. The number of morpholine rings is 1. The molecule has 0 saturated carbocycles. The summed E-state index contributed by atoms with van der Waals surface area (Å²) in [6, 6.07) is 6.44. The Morgan fingerprint density at radius 3 is 3.00 bits per heavy atom. The van der Waals surface area contributed by atoms with Gasteiger partial charge in [-0.15, -0.1) is 11.3 Å². The van der Waals surface area contributed by atoms with Crippen molar-refractivity contribution in [3.63, 3.8) is 0 Å². The van der Waals surface area contributed by atoms with Crippen molar-refractivity contribution < 1.29 is 4.74 Å². The zero-order valence-electron chi connectivity index (χ0n) is 11.9. The van der Waals surface area contributed by atoms with E-state index < -0.39 is 0 Å². The van der Waals surface area contributed by atoms with Gasteiger partial charge in [-0.2, -0.15) is 0 Å². The predicted molar refractivity (Wildman–Crippen MR) is 79.8 cm³/mol. The third-order valence-corrected chi connectivity index (χ3v) is 4.32. The Morgan fingerprint density at radius 2 is 2.25 bits per heavy atom. The molecule has 106 valence electrons. The molecule has 0 aliphatic carbocycles. The van der Waals surface area contributed by atoms with Crippen LogP contribution in [0.15, 0.2) is 23.6 Å². The van der Waals surface area contributed by atoms with Crippen molar-refractivity contribution in [2.45, 2.75) is 26.4 Å². The molecule has 0 aromatic carbocycles. The first kappa shape index (κ1) is 13.7. The van der Waals surface area contributed by atoms with Crippen LogP contribution in [0.3, 0.4) is 0 Å². The van der Waals surface area contributed by atoms with Crippen molar-refractivity contribution >= 4 is 11.3 Å². The minimum absolute atomic E-state index is 0.246. The van der Waals surface area contributed by atoms with Gasteiger partial charge in [-0.05, 0) is 26.0 Å². The molecule has 0 spiro atoms. The topological polar surface area (TPSA) is 38.2 Å². The fraction of sp³-hybridized carbons (Fsp3) is 0.467. The predicted octanol–water partition coefficient (Wildman–Crippen LogP) is 2.73. The number of hydrogen-bond acceptors (Lipinski definition) is 5. The van der Waals surface area contributed by atoms with Gasteiger partial charge < -0.3 is 4.74 Å². The average Bonchev–Trinajstić information content (AvgIpc) is 2.86. The van der Waals surface area contributed by atoms with Crippen LogP contribution in [0.25, 0.3) is 0 Å². The standard InChI is InChI=1S/C15H19N3OS/c1-11-4-3-5-13(16-11)8-18-6-7-19-9-15(18)14-10-20-12(2)17-14/h3-5,10,15H,6-9H2,1-2H3/t15-/m1/s1. The largest absolute Gasteiger partial charge is 0.378 e. The van der Waals surface area contributed by atoms with Crippen molar-refractivity contribution in [3.8, 4) is 0 Å². The fourth-order valence-electron chi connectivity index (χ4n) is 2.53. The molecule has 1 aliphatic heterocycles. The number of pyridine rings is 1. The molecule has 3 heterocycles. The zero-order valence-corrected chi connectivity index (χ0v) is 12.7.